The van der Waals surface area contributed by atoms with Gasteiger partial charge >= 0.3 is 5.97 Å². The molecule has 2 aliphatic rings. The van der Waals surface area contributed by atoms with Gasteiger partial charge in [0.25, 0.3) is 11.6 Å². The molecule has 0 spiro atoms. The fraction of sp³-hybridized carbons (Fsp3) is 0.304. The Labute approximate surface area is 195 Å². The Kier molecular flexibility index (Phi) is 6.81. The lowest BCUT2D eigenvalue weighted by atomic mass is 10.1. The van der Waals surface area contributed by atoms with Crippen molar-refractivity contribution >= 4 is 40.6 Å². The largest absolute Gasteiger partial charge is 0.451 e. The number of non-ortho nitro benzene ring substituents is 1. The summed E-state index contributed by atoms with van der Waals surface area (Å²) in [6.07, 6.45) is 0.282. The third kappa shape index (κ3) is 5.20. The molecule has 0 unspecified atom stereocenters. The van der Waals surface area contributed by atoms with Crippen molar-refractivity contribution in [2.75, 3.05) is 42.7 Å². The second-order valence-electron chi connectivity index (χ2n) is 7.81. The minimum absolute atomic E-state index is 0.0261. The van der Waals surface area contributed by atoms with Gasteiger partial charge in [-0.3, -0.25) is 19.7 Å². The molecule has 0 radical (unpaired) electrons. The Morgan fingerprint density at radius 3 is 2.26 bits per heavy atom. The lowest BCUT2D eigenvalue weighted by Crippen LogP contribution is -2.50. The van der Waals surface area contributed by atoms with Crippen LogP contribution in [0, 0.1) is 10.1 Å². The molecule has 2 amide bonds. The molecule has 0 N–H and O–H groups in total. The maximum atomic E-state index is 12.5. The number of carbonyl (C=O) groups is 3. The summed E-state index contributed by atoms with van der Waals surface area (Å²) >= 11 is 0. The van der Waals surface area contributed by atoms with Crippen LogP contribution in [0.25, 0.3) is 0 Å². The molecular formula is C23H23N5O6. The Bertz CT molecular complexity index is 1110. The maximum Gasteiger partial charge on any atom is 0.355 e. The number of hydrazone groups is 1. The number of para-hydroxylation sites is 1. The summed E-state index contributed by atoms with van der Waals surface area (Å²) < 4.78 is 5.19. The first-order chi connectivity index (χ1) is 16.4. The number of nitro benzene ring substituents is 1. The Morgan fingerprint density at radius 1 is 0.941 bits per heavy atom. The lowest BCUT2D eigenvalue weighted by molar-refractivity contribution is -0.384. The minimum atomic E-state index is -0.716. The van der Waals surface area contributed by atoms with Crippen molar-refractivity contribution in [1.82, 2.24) is 4.90 Å². The summed E-state index contributed by atoms with van der Waals surface area (Å²) in [7, 11) is 0. The molecule has 1 saturated heterocycles. The van der Waals surface area contributed by atoms with Crippen molar-refractivity contribution in [1.29, 1.82) is 0 Å². The number of amides is 2. The highest BCUT2D eigenvalue weighted by molar-refractivity contribution is 6.38. The van der Waals surface area contributed by atoms with Crippen LogP contribution in [0.4, 0.5) is 17.1 Å². The molecule has 34 heavy (non-hydrogen) atoms. The number of nitrogens with zero attached hydrogens (tertiary/aromatic N) is 5. The number of hydrogen-bond donors (Lipinski definition) is 0. The van der Waals surface area contributed by atoms with Gasteiger partial charge in [0, 0.05) is 56.8 Å². The number of ether oxygens (including phenoxy) is 1. The molecule has 0 atom stereocenters. The van der Waals surface area contributed by atoms with Crippen LogP contribution >= 0.6 is 0 Å². The van der Waals surface area contributed by atoms with E-state index in [4.69, 9.17) is 4.74 Å². The van der Waals surface area contributed by atoms with Gasteiger partial charge in [0.1, 0.15) is 5.71 Å². The number of piperazine rings is 1. The second-order valence-corrected chi connectivity index (χ2v) is 7.81. The quantitative estimate of drug-likeness (QED) is 0.363. The highest BCUT2D eigenvalue weighted by Crippen LogP contribution is 2.21. The first kappa shape index (κ1) is 22.9. The molecule has 11 nitrogen and oxygen atoms in total. The third-order valence-electron chi connectivity index (χ3n) is 5.65. The molecule has 176 valence electrons. The Balaban J connectivity index is 1.28. The fourth-order valence-electron chi connectivity index (χ4n) is 3.77. The fourth-order valence-corrected chi connectivity index (χ4v) is 3.77. The van der Waals surface area contributed by atoms with Crippen molar-refractivity contribution in [2.45, 2.75) is 12.8 Å². The third-order valence-corrected chi connectivity index (χ3v) is 5.65. The van der Waals surface area contributed by atoms with Crippen LogP contribution in [0.1, 0.15) is 12.8 Å². The van der Waals surface area contributed by atoms with Crippen molar-refractivity contribution in [3.63, 3.8) is 0 Å². The van der Waals surface area contributed by atoms with E-state index in [9.17, 15) is 24.5 Å². The van der Waals surface area contributed by atoms with Gasteiger partial charge in [0.15, 0.2) is 6.61 Å². The van der Waals surface area contributed by atoms with Crippen LogP contribution in [0.15, 0.2) is 59.7 Å². The molecule has 0 aromatic heterocycles. The van der Waals surface area contributed by atoms with E-state index in [0.29, 0.717) is 31.9 Å². The first-order valence-corrected chi connectivity index (χ1v) is 10.8. The van der Waals surface area contributed by atoms with Crippen LogP contribution in [-0.2, 0) is 19.1 Å². The van der Waals surface area contributed by atoms with Crippen LogP contribution < -0.4 is 9.91 Å². The maximum absolute atomic E-state index is 12.5. The molecule has 0 aliphatic carbocycles. The predicted octanol–water partition coefficient (Wildman–Crippen LogP) is 1.97. The van der Waals surface area contributed by atoms with Gasteiger partial charge in [-0.1, -0.05) is 18.2 Å². The number of rotatable bonds is 6. The smallest absolute Gasteiger partial charge is 0.355 e. The van der Waals surface area contributed by atoms with Crippen molar-refractivity contribution in [2.24, 2.45) is 5.10 Å². The van der Waals surface area contributed by atoms with Crippen LogP contribution in [-0.4, -0.2) is 66.1 Å². The summed E-state index contributed by atoms with van der Waals surface area (Å²) in [4.78, 5) is 51.2. The van der Waals surface area contributed by atoms with Gasteiger partial charge in [-0.05, 0) is 24.3 Å². The second kappa shape index (κ2) is 10.1. The monoisotopic (exact) mass is 465 g/mol. The molecule has 11 heteroatoms. The van der Waals surface area contributed by atoms with Crippen molar-refractivity contribution < 1.29 is 24.0 Å². The SMILES string of the molecule is O=C(OCC(=O)N1CCN(c2ccc([N+](=O)[O-])cc2)CC1)C1=NN(c2ccccc2)C(=O)CC1. The van der Waals surface area contributed by atoms with E-state index in [-0.39, 0.29) is 36.1 Å². The summed E-state index contributed by atoms with van der Waals surface area (Å²) in [6, 6.07) is 15.1. The highest BCUT2D eigenvalue weighted by atomic mass is 16.6. The summed E-state index contributed by atoms with van der Waals surface area (Å²) in [5.74, 6) is -1.25. The van der Waals surface area contributed by atoms with Gasteiger partial charge in [-0.15, -0.1) is 0 Å². The number of hydrogen-bond acceptors (Lipinski definition) is 8. The van der Waals surface area contributed by atoms with Gasteiger partial charge in [0.05, 0.1) is 10.6 Å². The topological polar surface area (TPSA) is 126 Å². The zero-order chi connectivity index (χ0) is 24.1. The average molecular weight is 465 g/mol. The Hall–Kier alpha value is -4.28. The molecule has 2 aromatic carbocycles. The summed E-state index contributed by atoms with van der Waals surface area (Å²) in [5, 5.41) is 16.1. The van der Waals surface area contributed by atoms with Gasteiger partial charge in [-0.25, -0.2) is 9.80 Å². The molecule has 2 aromatic rings. The zero-order valence-corrected chi connectivity index (χ0v) is 18.3. The highest BCUT2D eigenvalue weighted by Gasteiger charge is 2.28. The van der Waals surface area contributed by atoms with Gasteiger partial charge in [0.2, 0.25) is 5.91 Å². The molecule has 4 rings (SSSR count). The Morgan fingerprint density at radius 2 is 1.62 bits per heavy atom. The molecule has 0 saturated carbocycles. The molecule has 0 bridgehead atoms. The van der Waals surface area contributed by atoms with Crippen molar-refractivity contribution in [3.05, 3.63) is 64.7 Å². The van der Waals surface area contributed by atoms with Crippen LogP contribution in [0.2, 0.25) is 0 Å². The molecule has 2 heterocycles. The van der Waals surface area contributed by atoms with Crippen LogP contribution in [0.3, 0.4) is 0 Å². The predicted molar refractivity (Wildman–Crippen MR) is 123 cm³/mol. The number of esters is 1. The average Bonchev–Trinajstić information content (AvgIpc) is 2.88. The molecular weight excluding hydrogens is 442 g/mol. The number of anilines is 2. The first-order valence-electron chi connectivity index (χ1n) is 10.8. The van der Waals surface area contributed by atoms with E-state index >= 15 is 0 Å². The van der Waals surface area contributed by atoms with E-state index in [0.717, 1.165) is 5.69 Å². The number of benzene rings is 2. The standard InChI is InChI=1S/C23H23N5O6/c29-21-11-10-20(24-27(21)18-4-2-1-3-5-18)23(31)34-16-22(30)26-14-12-25(13-15-26)17-6-8-19(9-7-17)28(32)33/h1-9H,10-16H2. The van der Waals surface area contributed by atoms with Gasteiger partial charge in [-0.2, -0.15) is 5.10 Å². The van der Waals surface area contributed by atoms with E-state index in [2.05, 4.69) is 5.10 Å². The zero-order valence-electron chi connectivity index (χ0n) is 18.3. The molecule has 1 fully saturated rings. The lowest BCUT2D eigenvalue weighted by Gasteiger charge is -2.36. The van der Waals surface area contributed by atoms with Gasteiger partial charge < -0.3 is 14.5 Å². The van der Waals surface area contributed by atoms with E-state index < -0.39 is 17.5 Å². The minimum Gasteiger partial charge on any atom is -0.451 e. The van der Waals surface area contributed by atoms with E-state index in [1.807, 2.05) is 11.0 Å². The normalized spacial score (nSPS) is 16.2. The number of carbonyl (C=O) groups excluding carboxylic acids is 3. The van der Waals surface area contributed by atoms with Crippen LogP contribution in [0.5, 0.6) is 0 Å². The van der Waals surface area contributed by atoms with Crippen molar-refractivity contribution in [3.8, 4) is 0 Å². The number of nitro groups is 1. The summed E-state index contributed by atoms with van der Waals surface area (Å²) in [6.45, 7) is 1.57. The van der Waals surface area contributed by atoms with E-state index in [1.165, 1.54) is 17.1 Å². The van der Waals surface area contributed by atoms with E-state index in [1.54, 1.807) is 41.3 Å². The molecule has 2 aliphatic heterocycles. The summed E-state index contributed by atoms with van der Waals surface area (Å²) in [5.41, 5.74) is 1.52.